The van der Waals surface area contributed by atoms with Crippen molar-refractivity contribution in [2.45, 2.75) is 25.8 Å². The Kier molecular flexibility index (Phi) is 10.3. The van der Waals surface area contributed by atoms with Gasteiger partial charge in [0.25, 0.3) is 0 Å². The minimum atomic E-state index is -0.208. The van der Waals surface area contributed by atoms with Crippen molar-refractivity contribution < 1.29 is 13.9 Å². The number of nitrogens with one attached hydrogen (secondary N) is 2. The minimum Gasteiger partial charge on any atom is -0.475 e. The number of methoxy groups -OCH3 is 1. The van der Waals surface area contributed by atoms with Gasteiger partial charge in [-0.05, 0) is 42.0 Å². The van der Waals surface area contributed by atoms with E-state index in [9.17, 15) is 4.39 Å². The lowest BCUT2D eigenvalue weighted by molar-refractivity contribution is 0.143. The molecule has 0 atom stereocenters. The fourth-order valence-corrected chi connectivity index (χ4v) is 3.15. The Balaban J connectivity index is 1.96. The number of nitrogens with zero attached hydrogens (tertiary/aromatic N) is 2. The molecule has 0 aliphatic carbocycles. The molecule has 0 spiro atoms. The van der Waals surface area contributed by atoms with Gasteiger partial charge in [-0.2, -0.15) is 11.8 Å². The monoisotopic (exact) mass is 420 g/mol. The topological polar surface area (TPSA) is 67.8 Å². The highest BCUT2D eigenvalue weighted by molar-refractivity contribution is 7.97. The quantitative estimate of drug-likeness (QED) is 0.330. The van der Waals surface area contributed by atoms with Crippen molar-refractivity contribution in [1.82, 2.24) is 15.6 Å². The lowest BCUT2D eigenvalue weighted by Crippen LogP contribution is -2.37. The Morgan fingerprint density at radius 1 is 1.17 bits per heavy atom. The van der Waals surface area contributed by atoms with Gasteiger partial charge in [-0.3, -0.25) is 0 Å². The van der Waals surface area contributed by atoms with Gasteiger partial charge >= 0.3 is 0 Å². The largest absolute Gasteiger partial charge is 0.475 e. The van der Waals surface area contributed by atoms with E-state index in [0.717, 1.165) is 29.0 Å². The third kappa shape index (κ3) is 8.29. The van der Waals surface area contributed by atoms with Crippen molar-refractivity contribution in [3.8, 4) is 5.88 Å². The molecular formula is C21H29FN4O2S. The summed E-state index contributed by atoms with van der Waals surface area (Å²) in [6, 6.07) is 8.68. The molecule has 2 N–H and O–H groups in total. The van der Waals surface area contributed by atoms with Gasteiger partial charge in [-0.15, -0.1) is 0 Å². The lowest BCUT2D eigenvalue weighted by atomic mass is 10.1. The first kappa shape index (κ1) is 23.0. The molecule has 0 saturated carbocycles. The highest BCUT2D eigenvalue weighted by Gasteiger charge is 2.06. The van der Waals surface area contributed by atoms with Crippen LogP contribution in [0.25, 0.3) is 0 Å². The Labute approximate surface area is 176 Å². The highest BCUT2D eigenvalue weighted by Crippen LogP contribution is 2.16. The van der Waals surface area contributed by atoms with Crippen molar-refractivity contribution in [3.05, 3.63) is 59.0 Å². The van der Waals surface area contributed by atoms with Crippen molar-refractivity contribution >= 4 is 17.7 Å². The summed E-state index contributed by atoms with van der Waals surface area (Å²) in [4.78, 5) is 8.89. The molecule has 158 valence electrons. The Morgan fingerprint density at radius 2 is 2.03 bits per heavy atom. The van der Waals surface area contributed by atoms with Gasteiger partial charge in [0.2, 0.25) is 5.88 Å². The van der Waals surface area contributed by atoms with E-state index in [1.165, 1.54) is 6.07 Å². The van der Waals surface area contributed by atoms with Crippen LogP contribution in [0.1, 0.15) is 23.6 Å². The van der Waals surface area contributed by atoms with Gasteiger partial charge in [0.05, 0.1) is 13.2 Å². The minimum absolute atomic E-state index is 0.208. The number of pyridine rings is 1. The number of guanidine groups is 1. The van der Waals surface area contributed by atoms with E-state index in [2.05, 4.69) is 20.6 Å². The smallest absolute Gasteiger partial charge is 0.213 e. The standard InChI is InChI=1S/C21H29FN4O2S/c1-4-23-21(26-14-17-6-7-19(22)11-18(17)15-29-3)25-13-16-5-8-20(24-12-16)28-10-9-27-2/h5-8,11-12H,4,9-10,13-15H2,1-3H3,(H2,23,25,26). The van der Waals surface area contributed by atoms with Crippen LogP contribution < -0.4 is 15.4 Å². The van der Waals surface area contributed by atoms with E-state index in [0.29, 0.717) is 38.1 Å². The molecule has 8 heteroatoms. The second kappa shape index (κ2) is 13.0. The Bertz CT molecular complexity index is 772. The van der Waals surface area contributed by atoms with Crippen molar-refractivity contribution in [2.24, 2.45) is 4.99 Å². The van der Waals surface area contributed by atoms with Gasteiger partial charge in [-0.1, -0.05) is 12.1 Å². The number of benzene rings is 1. The molecule has 1 aromatic carbocycles. The second-order valence-electron chi connectivity index (χ2n) is 6.24. The van der Waals surface area contributed by atoms with Crippen LogP contribution in [0.4, 0.5) is 4.39 Å². The van der Waals surface area contributed by atoms with Crippen LogP contribution in [0.15, 0.2) is 41.5 Å². The molecule has 29 heavy (non-hydrogen) atoms. The molecule has 2 rings (SSSR count). The summed E-state index contributed by atoms with van der Waals surface area (Å²) < 4.78 is 23.9. The maximum atomic E-state index is 13.5. The zero-order valence-corrected chi connectivity index (χ0v) is 18.0. The SMILES string of the molecule is CCNC(=NCc1ccc(OCCOC)nc1)NCc1ccc(F)cc1CSC. The summed E-state index contributed by atoms with van der Waals surface area (Å²) in [6.45, 7) is 4.82. The Morgan fingerprint density at radius 3 is 2.72 bits per heavy atom. The zero-order chi connectivity index (χ0) is 20.9. The van der Waals surface area contributed by atoms with Crippen LogP contribution in [-0.2, 0) is 23.6 Å². The maximum absolute atomic E-state index is 13.5. The fourth-order valence-electron chi connectivity index (χ4n) is 2.57. The average Bonchev–Trinajstić information content (AvgIpc) is 2.72. The van der Waals surface area contributed by atoms with Crippen LogP contribution in [0.2, 0.25) is 0 Å². The molecule has 0 aliphatic rings. The molecule has 2 aromatic rings. The Hall–Kier alpha value is -2.32. The van der Waals surface area contributed by atoms with Gasteiger partial charge in [-0.25, -0.2) is 14.4 Å². The molecule has 0 saturated heterocycles. The highest BCUT2D eigenvalue weighted by atomic mass is 32.2. The number of thioether (sulfide) groups is 1. The van der Waals surface area contributed by atoms with Gasteiger partial charge in [0.15, 0.2) is 5.96 Å². The predicted octanol–water partition coefficient (Wildman–Crippen LogP) is 3.36. The summed E-state index contributed by atoms with van der Waals surface area (Å²) in [6.07, 6.45) is 3.77. The molecule has 1 aromatic heterocycles. The summed E-state index contributed by atoms with van der Waals surface area (Å²) in [5, 5.41) is 6.55. The average molecular weight is 421 g/mol. The predicted molar refractivity (Wildman–Crippen MR) is 117 cm³/mol. The molecule has 0 unspecified atom stereocenters. The number of aromatic nitrogens is 1. The van der Waals surface area contributed by atoms with E-state index in [1.807, 2.05) is 31.4 Å². The van der Waals surface area contributed by atoms with Gasteiger partial charge in [0, 0.05) is 38.2 Å². The third-order valence-corrected chi connectivity index (χ3v) is 4.61. The van der Waals surface area contributed by atoms with E-state index in [4.69, 9.17) is 9.47 Å². The number of halogens is 1. The van der Waals surface area contributed by atoms with E-state index >= 15 is 0 Å². The molecule has 0 amide bonds. The lowest BCUT2D eigenvalue weighted by Gasteiger charge is -2.14. The second-order valence-corrected chi connectivity index (χ2v) is 7.11. The number of hydrogen-bond donors (Lipinski definition) is 2. The van der Waals surface area contributed by atoms with Crippen molar-refractivity contribution in [2.75, 3.05) is 33.1 Å². The van der Waals surface area contributed by atoms with Crippen LogP contribution in [0, 0.1) is 5.82 Å². The number of hydrogen-bond acceptors (Lipinski definition) is 5. The van der Waals surface area contributed by atoms with Crippen LogP contribution in [0.5, 0.6) is 5.88 Å². The van der Waals surface area contributed by atoms with E-state index < -0.39 is 0 Å². The van der Waals surface area contributed by atoms with Crippen LogP contribution in [0.3, 0.4) is 0 Å². The van der Waals surface area contributed by atoms with Crippen molar-refractivity contribution in [3.63, 3.8) is 0 Å². The number of aliphatic imine (C=N–C) groups is 1. The molecule has 0 bridgehead atoms. The third-order valence-electron chi connectivity index (χ3n) is 4.01. The normalized spacial score (nSPS) is 11.4. The van der Waals surface area contributed by atoms with E-state index in [-0.39, 0.29) is 5.82 Å². The first-order valence-corrected chi connectivity index (χ1v) is 10.9. The summed E-state index contributed by atoms with van der Waals surface area (Å²) in [5.41, 5.74) is 3.03. The molecule has 0 aliphatic heterocycles. The first-order chi connectivity index (χ1) is 14.2. The van der Waals surface area contributed by atoms with Crippen LogP contribution in [-0.4, -0.2) is 44.1 Å². The zero-order valence-electron chi connectivity index (χ0n) is 17.2. The van der Waals surface area contributed by atoms with E-state index in [1.54, 1.807) is 31.1 Å². The summed E-state index contributed by atoms with van der Waals surface area (Å²) in [7, 11) is 1.63. The molecule has 0 fully saturated rings. The first-order valence-electron chi connectivity index (χ1n) is 9.51. The molecule has 6 nitrogen and oxygen atoms in total. The molecule has 1 heterocycles. The van der Waals surface area contributed by atoms with Gasteiger partial charge < -0.3 is 20.1 Å². The molecular weight excluding hydrogens is 391 g/mol. The van der Waals surface area contributed by atoms with Gasteiger partial charge in [0.1, 0.15) is 12.4 Å². The fraction of sp³-hybridized carbons (Fsp3) is 0.429. The van der Waals surface area contributed by atoms with Crippen molar-refractivity contribution in [1.29, 1.82) is 0 Å². The molecule has 0 radical (unpaired) electrons. The number of rotatable bonds is 11. The summed E-state index contributed by atoms with van der Waals surface area (Å²) >= 11 is 1.67. The summed E-state index contributed by atoms with van der Waals surface area (Å²) in [5.74, 6) is 1.83. The maximum Gasteiger partial charge on any atom is 0.213 e. The number of ether oxygens (including phenoxy) is 2. The van der Waals surface area contributed by atoms with Crippen LogP contribution >= 0.6 is 11.8 Å².